The second kappa shape index (κ2) is 5.20. The molecule has 0 bridgehead atoms. The molecule has 0 aliphatic rings. The summed E-state index contributed by atoms with van der Waals surface area (Å²) in [6, 6.07) is 10.7. The molecule has 0 radical (unpaired) electrons. The minimum atomic E-state index is -0.955. The van der Waals surface area contributed by atoms with Gasteiger partial charge in [-0.2, -0.15) is 5.10 Å². The normalized spacial score (nSPS) is 11.3. The summed E-state index contributed by atoms with van der Waals surface area (Å²) in [6.45, 7) is 0. The van der Waals surface area contributed by atoms with E-state index in [2.05, 4.69) is 10.1 Å². The highest BCUT2D eigenvalue weighted by Gasteiger charge is 2.10. The zero-order valence-corrected chi connectivity index (χ0v) is 11.4. The van der Waals surface area contributed by atoms with E-state index >= 15 is 0 Å². The number of aryl methyl sites for hydroxylation is 1. The highest BCUT2D eigenvalue weighted by atomic mass is 16.4. The van der Waals surface area contributed by atoms with Crippen LogP contribution in [0.4, 0.5) is 0 Å². The number of carbonyl (C=O) groups is 1. The fourth-order valence-electron chi connectivity index (χ4n) is 2.18. The molecule has 1 aromatic carbocycles. The Hall–Kier alpha value is -2.95. The van der Waals surface area contributed by atoms with E-state index in [0.29, 0.717) is 16.6 Å². The molecule has 104 valence electrons. The zero-order valence-electron chi connectivity index (χ0n) is 11.4. The fourth-order valence-corrected chi connectivity index (χ4v) is 2.18. The van der Waals surface area contributed by atoms with Crippen molar-refractivity contribution in [2.45, 2.75) is 0 Å². The fraction of sp³-hybridized carbons (Fsp3) is 0.0625. The number of fused-ring (bicyclic) bond motifs is 1. The third-order valence-corrected chi connectivity index (χ3v) is 3.25. The Kier molecular flexibility index (Phi) is 3.23. The van der Waals surface area contributed by atoms with E-state index in [4.69, 9.17) is 0 Å². The molecule has 0 spiro atoms. The zero-order chi connectivity index (χ0) is 14.8. The Morgan fingerprint density at radius 3 is 2.76 bits per heavy atom. The van der Waals surface area contributed by atoms with Crippen molar-refractivity contribution >= 4 is 29.0 Å². The number of carboxylic acids is 1. The lowest BCUT2D eigenvalue weighted by Gasteiger charge is -2.04. The molecule has 0 saturated carbocycles. The van der Waals surface area contributed by atoms with Crippen molar-refractivity contribution in [3.63, 3.8) is 0 Å². The summed E-state index contributed by atoms with van der Waals surface area (Å²) >= 11 is 0. The topological polar surface area (TPSA) is 68.0 Å². The van der Waals surface area contributed by atoms with E-state index in [9.17, 15) is 9.90 Å². The molecule has 3 aromatic rings. The minimum absolute atomic E-state index is 0.255. The molecule has 0 aliphatic carbocycles. The lowest BCUT2D eigenvalue weighted by Crippen LogP contribution is -2.00. The van der Waals surface area contributed by atoms with Crippen molar-refractivity contribution in [1.82, 2.24) is 14.8 Å². The number of rotatable bonds is 3. The van der Waals surface area contributed by atoms with E-state index in [0.717, 1.165) is 5.69 Å². The molecule has 2 heterocycles. The third kappa shape index (κ3) is 2.53. The quantitative estimate of drug-likeness (QED) is 0.800. The van der Waals surface area contributed by atoms with E-state index in [1.54, 1.807) is 29.1 Å². The monoisotopic (exact) mass is 279 g/mol. The first-order valence-electron chi connectivity index (χ1n) is 6.44. The molecule has 21 heavy (non-hydrogen) atoms. The Morgan fingerprint density at radius 1 is 1.24 bits per heavy atom. The van der Waals surface area contributed by atoms with Gasteiger partial charge in [-0.05, 0) is 30.4 Å². The lowest BCUT2D eigenvalue weighted by molar-refractivity contribution is 0.0699. The number of hydrogen-bond donors (Lipinski definition) is 1. The molecule has 5 heteroatoms. The summed E-state index contributed by atoms with van der Waals surface area (Å²) in [6.07, 6.45) is 5.35. The first-order chi connectivity index (χ1) is 10.1. The van der Waals surface area contributed by atoms with Gasteiger partial charge in [0, 0.05) is 18.6 Å². The Morgan fingerprint density at radius 2 is 2.05 bits per heavy atom. The van der Waals surface area contributed by atoms with Gasteiger partial charge in [-0.3, -0.25) is 4.68 Å². The number of aromatic carboxylic acids is 1. The maximum absolute atomic E-state index is 11.4. The second-order valence-corrected chi connectivity index (χ2v) is 4.63. The van der Waals surface area contributed by atoms with Gasteiger partial charge >= 0.3 is 5.97 Å². The van der Waals surface area contributed by atoms with Gasteiger partial charge < -0.3 is 5.11 Å². The molecule has 5 nitrogen and oxygen atoms in total. The van der Waals surface area contributed by atoms with Crippen LogP contribution in [0.3, 0.4) is 0 Å². The smallest absolute Gasteiger partial charge is 0.336 e. The van der Waals surface area contributed by atoms with Crippen LogP contribution >= 0.6 is 0 Å². The van der Waals surface area contributed by atoms with Gasteiger partial charge in [0.1, 0.15) is 0 Å². The molecule has 0 amide bonds. The van der Waals surface area contributed by atoms with Crippen LogP contribution < -0.4 is 0 Å². The Bertz CT molecular complexity index is 850. The molecule has 2 aromatic heterocycles. The van der Waals surface area contributed by atoms with Crippen molar-refractivity contribution in [3.05, 3.63) is 59.5 Å². The predicted molar refractivity (Wildman–Crippen MR) is 80.8 cm³/mol. The summed E-state index contributed by atoms with van der Waals surface area (Å²) in [5, 5.41) is 14.1. The maximum atomic E-state index is 11.4. The number of carboxylic acid groups (broad SMARTS) is 1. The summed E-state index contributed by atoms with van der Waals surface area (Å²) in [5.74, 6) is -0.955. The number of para-hydroxylation sites is 1. The van der Waals surface area contributed by atoms with Crippen molar-refractivity contribution < 1.29 is 9.90 Å². The Labute approximate surface area is 121 Å². The van der Waals surface area contributed by atoms with Crippen LogP contribution in [-0.4, -0.2) is 25.8 Å². The molecule has 0 aliphatic heterocycles. The van der Waals surface area contributed by atoms with Crippen molar-refractivity contribution in [3.8, 4) is 0 Å². The van der Waals surface area contributed by atoms with Crippen LogP contribution in [0.15, 0.2) is 42.6 Å². The molecular weight excluding hydrogens is 266 g/mol. The van der Waals surface area contributed by atoms with Crippen molar-refractivity contribution in [2.24, 2.45) is 7.05 Å². The van der Waals surface area contributed by atoms with E-state index in [-0.39, 0.29) is 5.56 Å². The van der Waals surface area contributed by atoms with Gasteiger partial charge in [0.2, 0.25) is 0 Å². The molecule has 3 rings (SSSR count). The molecule has 0 saturated heterocycles. The molecular formula is C16H13N3O2. The van der Waals surface area contributed by atoms with Crippen LogP contribution in [0.1, 0.15) is 21.7 Å². The molecule has 0 atom stereocenters. The van der Waals surface area contributed by atoms with Gasteiger partial charge in [-0.1, -0.05) is 18.2 Å². The predicted octanol–water partition coefficient (Wildman–Crippen LogP) is 2.84. The Balaban J connectivity index is 2.09. The summed E-state index contributed by atoms with van der Waals surface area (Å²) in [4.78, 5) is 15.9. The second-order valence-electron chi connectivity index (χ2n) is 4.63. The van der Waals surface area contributed by atoms with E-state index < -0.39 is 5.97 Å². The number of nitrogens with zero attached hydrogens (tertiary/aromatic N) is 3. The van der Waals surface area contributed by atoms with Crippen LogP contribution in [0.25, 0.3) is 23.1 Å². The van der Waals surface area contributed by atoms with Gasteiger partial charge in [0.25, 0.3) is 0 Å². The molecule has 1 N–H and O–H groups in total. The van der Waals surface area contributed by atoms with Crippen LogP contribution in [0.2, 0.25) is 0 Å². The first kappa shape index (κ1) is 13.1. The SMILES string of the molecule is Cn1nccc1/C=C/c1cc(C(=O)O)c2ccccc2n1. The summed E-state index contributed by atoms with van der Waals surface area (Å²) < 4.78 is 1.73. The van der Waals surface area contributed by atoms with Gasteiger partial charge in [0.15, 0.2) is 0 Å². The summed E-state index contributed by atoms with van der Waals surface area (Å²) in [5.41, 5.74) is 2.45. The number of benzene rings is 1. The highest BCUT2D eigenvalue weighted by Crippen LogP contribution is 2.19. The van der Waals surface area contributed by atoms with E-state index in [1.165, 1.54) is 0 Å². The highest BCUT2D eigenvalue weighted by molar-refractivity contribution is 6.03. The lowest BCUT2D eigenvalue weighted by atomic mass is 10.1. The first-order valence-corrected chi connectivity index (χ1v) is 6.44. The van der Waals surface area contributed by atoms with Gasteiger partial charge in [0.05, 0.1) is 22.5 Å². The number of pyridine rings is 1. The van der Waals surface area contributed by atoms with E-state index in [1.807, 2.05) is 37.4 Å². The maximum Gasteiger partial charge on any atom is 0.336 e. The average molecular weight is 279 g/mol. The third-order valence-electron chi connectivity index (χ3n) is 3.25. The molecule has 0 fully saturated rings. The van der Waals surface area contributed by atoms with Gasteiger partial charge in [-0.15, -0.1) is 0 Å². The number of hydrogen-bond acceptors (Lipinski definition) is 3. The van der Waals surface area contributed by atoms with Crippen molar-refractivity contribution in [1.29, 1.82) is 0 Å². The standard InChI is InChI=1S/C16H13N3O2/c1-19-12(8-9-17-19)7-6-11-10-14(16(20)21)13-4-2-3-5-15(13)18-11/h2-10H,1H3,(H,20,21)/b7-6+. The van der Waals surface area contributed by atoms with Crippen LogP contribution in [0.5, 0.6) is 0 Å². The molecule has 0 unspecified atom stereocenters. The summed E-state index contributed by atoms with van der Waals surface area (Å²) in [7, 11) is 1.84. The number of aromatic nitrogens is 3. The minimum Gasteiger partial charge on any atom is -0.478 e. The van der Waals surface area contributed by atoms with Crippen LogP contribution in [0, 0.1) is 0 Å². The van der Waals surface area contributed by atoms with Crippen molar-refractivity contribution in [2.75, 3.05) is 0 Å². The average Bonchev–Trinajstić information content (AvgIpc) is 2.89. The van der Waals surface area contributed by atoms with Gasteiger partial charge in [-0.25, -0.2) is 9.78 Å². The largest absolute Gasteiger partial charge is 0.478 e. The van der Waals surface area contributed by atoms with Crippen LogP contribution in [-0.2, 0) is 7.05 Å².